The van der Waals surface area contributed by atoms with Crippen LogP contribution in [0, 0.1) is 11.8 Å². The van der Waals surface area contributed by atoms with Crippen LogP contribution in [0.5, 0.6) is 0 Å². The fraction of sp³-hybridized carbons (Fsp3) is 1.00. The fourth-order valence-corrected chi connectivity index (χ4v) is 3.84. The Bertz CT molecular complexity index is 264. The van der Waals surface area contributed by atoms with Crippen molar-refractivity contribution < 1.29 is 5.11 Å². The van der Waals surface area contributed by atoms with Gasteiger partial charge in [-0.2, -0.15) is 0 Å². The van der Waals surface area contributed by atoms with Crippen molar-refractivity contribution in [2.75, 3.05) is 26.2 Å². The Morgan fingerprint density at radius 3 is 2.65 bits per heavy atom. The van der Waals surface area contributed by atoms with E-state index in [-0.39, 0.29) is 6.10 Å². The second-order valence-corrected chi connectivity index (χ2v) is 7.11. The number of aliphatic hydroxyl groups is 1. The quantitative estimate of drug-likeness (QED) is 0.753. The molecule has 3 nitrogen and oxygen atoms in total. The highest BCUT2D eigenvalue weighted by Gasteiger charge is 2.29. The lowest BCUT2D eigenvalue weighted by Crippen LogP contribution is -2.52. The molecule has 0 spiro atoms. The van der Waals surface area contributed by atoms with Gasteiger partial charge in [0.15, 0.2) is 0 Å². The summed E-state index contributed by atoms with van der Waals surface area (Å²) in [5.41, 5.74) is 0. The summed E-state index contributed by atoms with van der Waals surface area (Å²) < 4.78 is 0. The molecule has 1 saturated carbocycles. The van der Waals surface area contributed by atoms with Crippen molar-refractivity contribution in [3.8, 4) is 0 Å². The summed E-state index contributed by atoms with van der Waals surface area (Å²) in [6, 6.07) is 0.584. The minimum absolute atomic E-state index is 0.171. The molecule has 118 valence electrons. The summed E-state index contributed by atoms with van der Waals surface area (Å²) in [6.45, 7) is 8.86. The number of likely N-dealkylation sites (tertiary alicyclic amines) is 1. The Hall–Kier alpha value is -0.120. The Balaban J connectivity index is 1.79. The maximum Gasteiger partial charge on any atom is 0.0553 e. The Kier molecular flexibility index (Phi) is 6.79. The second-order valence-electron chi connectivity index (χ2n) is 7.11. The van der Waals surface area contributed by atoms with E-state index in [0.29, 0.717) is 12.0 Å². The van der Waals surface area contributed by atoms with Gasteiger partial charge in [-0.1, -0.05) is 26.2 Å². The predicted molar refractivity (Wildman–Crippen MR) is 84.9 cm³/mol. The van der Waals surface area contributed by atoms with Crippen molar-refractivity contribution >= 4 is 0 Å². The number of nitrogens with zero attached hydrogens (tertiary/aromatic N) is 1. The average Bonchev–Trinajstić information content (AvgIpc) is 2.96. The van der Waals surface area contributed by atoms with Gasteiger partial charge in [0.1, 0.15) is 0 Å². The first-order valence-electron chi connectivity index (χ1n) is 8.82. The van der Waals surface area contributed by atoms with Gasteiger partial charge < -0.3 is 15.3 Å². The van der Waals surface area contributed by atoms with E-state index >= 15 is 0 Å². The first-order valence-corrected chi connectivity index (χ1v) is 8.82. The minimum Gasteiger partial charge on any atom is -0.393 e. The molecule has 1 heterocycles. The number of hydrogen-bond donors (Lipinski definition) is 2. The van der Waals surface area contributed by atoms with Gasteiger partial charge in [-0.3, -0.25) is 0 Å². The summed E-state index contributed by atoms with van der Waals surface area (Å²) in [5.74, 6) is 1.35. The Morgan fingerprint density at radius 1 is 1.25 bits per heavy atom. The SMILES string of the molecule is CCCCN1CC(NCC2CCCC2)CC(C(C)O)C1. The molecule has 3 heteroatoms. The zero-order valence-electron chi connectivity index (χ0n) is 13.5. The number of hydrogen-bond acceptors (Lipinski definition) is 3. The monoisotopic (exact) mass is 282 g/mol. The summed E-state index contributed by atoms with van der Waals surface area (Å²) >= 11 is 0. The molecule has 0 aromatic carbocycles. The normalized spacial score (nSPS) is 30.8. The predicted octanol–water partition coefficient (Wildman–Crippen LogP) is 2.64. The van der Waals surface area contributed by atoms with Crippen LogP contribution in [0.1, 0.15) is 58.8 Å². The van der Waals surface area contributed by atoms with Crippen LogP contribution in [-0.4, -0.2) is 48.3 Å². The molecular formula is C17H34N2O. The van der Waals surface area contributed by atoms with Crippen LogP contribution < -0.4 is 5.32 Å². The van der Waals surface area contributed by atoms with Gasteiger partial charge in [0.05, 0.1) is 6.10 Å². The summed E-state index contributed by atoms with van der Waals surface area (Å²) in [5, 5.41) is 13.8. The number of piperidine rings is 1. The highest BCUT2D eigenvalue weighted by Crippen LogP contribution is 2.25. The standard InChI is InChI=1S/C17H34N2O/c1-3-4-9-19-12-16(14(2)20)10-17(13-19)18-11-15-7-5-6-8-15/h14-18,20H,3-13H2,1-2H3. The lowest BCUT2D eigenvalue weighted by Gasteiger charge is -2.39. The molecule has 1 aliphatic heterocycles. The van der Waals surface area contributed by atoms with Crippen LogP contribution in [-0.2, 0) is 0 Å². The lowest BCUT2D eigenvalue weighted by molar-refractivity contribution is 0.0469. The van der Waals surface area contributed by atoms with Crippen molar-refractivity contribution in [3.05, 3.63) is 0 Å². The smallest absolute Gasteiger partial charge is 0.0553 e. The van der Waals surface area contributed by atoms with E-state index in [9.17, 15) is 5.11 Å². The molecule has 0 aromatic rings. The third-order valence-electron chi connectivity index (χ3n) is 5.24. The molecule has 0 amide bonds. The van der Waals surface area contributed by atoms with Gasteiger partial charge in [-0.25, -0.2) is 0 Å². The van der Waals surface area contributed by atoms with Crippen LogP contribution >= 0.6 is 0 Å². The van der Waals surface area contributed by atoms with Gasteiger partial charge >= 0.3 is 0 Å². The van der Waals surface area contributed by atoms with Crippen LogP contribution in [0.25, 0.3) is 0 Å². The highest BCUT2D eigenvalue weighted by atomic mass is 16.3. The maximum absolute atomic E-state index is 9.96. The third kappa shape index (κ3) is 5.01. The number of nitrogens with one attached hydrogen (secondary N) is 1. The van der Waals surface area contributed by atoms with Crippen molar-refractivity contribution in [1.82, 2.24) is 10.2 Å². The Labute approximate surface area is 125 Å². The highest BCUT2D eigenvalue weighted by molar-refractivity contribution is 4.86. The van der Waals surface area contributed by atoms with E-state index in [0.717, 1.165) is 18.9 Å². The van der Waals surface area contributed by atoms with Gasteiger partial charge in [0, 0.05) is 19.1 Å². The van der Waals surface area contributed by atoms with Gasteiger partial charge in [-0.15, -0.1) is 0 Å². The lowest BCUT2D eigenvalue weighted by atomic mass is 9.89. The van der Waals surface area contributed by atoms with Gasteiger partial charge in [0.2, 0.25) is 0 Å². The summed E-state index contributed by atoms with van der Waals surface area (Å²) in [6.07, 6.45) is 9.20. The molecule has 0 aromatic heterocycles. The zero-order chi connectivity index (χ0) is 14.4. The van der Waals surface area contributed by atoms with E-state index in [2.05, 4.69) is 17.1 Å². The van der Waals surface area contributed by atoms with Crippen molar-refractivity contribution in [1.29, 1.82) is 0 Å². The average molecular weight is 282 g/mol. The van der Waals surface area contributed by atoms with Crippen molar-refractivity contribution in [3.63, 3.8) is 0 Å². The van der Waals surface area contributed by atoms with Crippen LogP contribution in [0.15, 0.2) is 0 Å². The molecule has 3 atom stereocenters. The summed E-state index contributed by atoms with van der Waals surface area (Å²) in [7, 11) is 0. The van der Waals surface area contributed by atoms with E-state index in [1.54, 1.807) is 0 Å². The van der Waals surface area contributed by atoms with E-state index in [1.807, 2.05) is 6.92 Å². The first kappa shape index (κ1) is 16.3. The largest absolute Gasteiger partial charge is 0.393 e. The van der Waals surface area contributed by atoms with E-state index in [4.69, 9.17) is 0 Å². The zero-order valence-corrected chi connectivity index (χ0v) is 13.5. The van der Waals surface area contributed by atoms with Crippen LogP contribution in [0.2, 0.25) is 0 Å². The van der Waals surface area contributed by atoms with Gasteiger partial charge in [0.25, 0.3) is 0 Å². The molecule has 3 unspecified atom stereocenters. The number of rotatable bonds is 7. The molecule has 20 heavy (non-hydrogen) atoms. The molecule has 2 N–H and O–H groups in total. The number of unbranched alkanes of at least 4 members (excludes halogenated alkanes) is 1. The summed E-state index contributed by atoms with van der Waals surface area (Å²) in [4.78, 5) is 2.57. The minimum atomic E-state index is -0.171. The van der Waals surface area contributed by atoms with E-state index < -0.39 is 0 Å². The van der Waals surface area contributed by atoms with Gasteiger partial charge in [-0.05, 0) is 57.5 Å². The molecule has 1 saturated heterocycles. The molecule has 2 rings (SSSR count). The first-order chi connectivity index (χ1) is 9.69. The third-order valence-corrected chi connectivity index (χ3v) is 5.24. The molecule has 0 radical (unpaired) electrons. The molecule has 2 aliphatic rings. The molecule has 0 bridgehead atoms. The molecule has 2 fully saturated rings. The molecule has 1 aliphatic carbocycles. The van der Waals surface area contributed by atoms with E-state index in [1.165, 1.54) is 58.2 Å². The van der Waals surface area contributed by atoms with Crippen LogP contribution in [0.4, 0.5) is 0 Å². The van der Waals surface area contributed by atoms with Crippen molar-refractivity contribution in [2.45, 2.75) is 70.9 Å². The topological polar surface area (TPSA) is 35.5 Å². The maximum atomic E-state index is 9.96. The van der Waals surface area contributed by atoms with Crippen LogP contribution in [0.3, 0.4) is 0 Å². The Morgan fingerprint density at radius 2 is 2.00 bits per heavy atom. The fourth-order valence-electron chi connectivity index (χ4n) is 3.84. The molecular weight excluding hydrogens is 248 g/mol. The van der Waals surface area contributed by atoms with Crippen molar-refractivity contribution in [2.24, 2.45) is 11.8 Å². The number of aliphatic hydroxyl groups excluding tert-OH is 1. The second kappa shape index (κ2) is 8.35.